The first kappa shape index (κ1) is 13.6. The van der Waals surface area contributed by atoms with Gasteiger partial charge in [-0.05, 0) is 55.2 Å². The third kappa shape index (κ3) is 3.15. The summed E-state index contributed by atoms with van der Waals surface area (Å²) in [6, 6.07) is 6.19. The number of hydrogen-bond donors (Lipinski definition) is 1. The number of thioether (sulfide) groups is 1. The van der Waals surface area contributed by atoms with Crippen LogP contribution in [0.1, 0.15) is 42.1 Å². The minimum absolute atomic E-state index is 0.238. The fourth-order valence-electron chi connectivity index (χ4n) is 2.49. The molecule has 3 heteroatoms. The van der Waals surface area contributed by atoms with Crippen molar-refractivity contribution in [3.63, 3.8) is 0 Å². The number of carbonyl (C=O) groups excluding carboxylic acids is 1. The Morgan fingerprint density at radius 2 is 2.33 bits per heavy atom. The third-order valence-corrected chi connectivity index (χ3v) is 4.72. The van der Waals surface area contributed by atoms with Gasteiger partial charge in [0, 0.05) is 16.9 Å². The van der Waals surface area contributed by atoms with E-state index in [4.69, 9.17) is 5.73 Å². The SMILES string of the molecule is CCC(=O)c1ccc2c(c1)CC(CCN)CCS2. The molecule has 18 heavy (non-hydrogen) atoms. The number of carbonyl (C=O) groups is 1. The van der Waals surface area contributed by atoms with Crippen molar-refractivity contribution in [2.45, 2.75) is 37.5 Å². The molecule has 1 aromatic rings. The number of Topliss-reactive ketones (excluding diaryl/α,β-unsaturated/α-hetero) is 1. The molecule has 1 unspecified atom stereocenters. The Morgan fingerprint density at radius 3 is 3.06 bits per heavy atom. The van der Waals surface area contributed by atoms with Gasteiger partial charge < -0.3 is 5.73 Å². The Morgan fingerprint density at radius 1 is 1.50 bits per heavy atom. The van der Waals surface area contributed by atoms with Crippen LogP contribution in [0.3, 0.4) is 0 Å². The van der Waals surface area contributed by atoms with Crippen LogP contribution < -0.4 is 5.73 Å². The Bertz CT molecular complexity index is 431. The monoisotopic (exact) mass is 263 g/mol. The average Bonchev–Trinajstić information content (AvgIpc) is 2.59. The van der Waals surface area contributed by atoms with Crippen LogP contribution in [-0.2, 0) is 6.42 Å². The molecule has 0 amide bonds. The van der Waals surface area contributed by atoms with Crippen LogP contribution in [-0.4, -0.2) is 18.1 Å². The summed E-state index contributed by atoms with van der Waals surface area (Å²) in [6.07, 6.45) is 3.97. The third-order valence-electron chi connectivity index (χ3n) is 3.57. The predicted octanol–water partition coefficient (Wildman–Crippen LogP) is 3.28. The molecule has 0 aliphatic carbocycles. The summed E-state index contributed by atoms with van der Waals surface area (Å²) in [5.74, 6) is 2.08. The molecule has 98 valence electrons. The topological polar surface area (TPSA) is 43.1 Å². The Balaban J connectivity index is 2.24. The van der Waals surface area contributed by atoms with Crippen molar-refractivity contribution in [1.82, 2.24) is 0 Å². The number of rotatable bonds is 4. The van der Waals surface area contributed by atoms with Crippen molar-refractivity contribution in [1.29, 1.82) is 0 Å². The zero-order chi connectivity index (χ0) is 13.0. The molecule has 2 nitrogen and oxygen atoms in total. The molecule has 2 rings (SSSR count). The average molecular weight is 263 g/mol. The lowest BCUT2D eigenvalue weighted by Crippen LogP contribution is -2.11. The highest BCUT2D eigenvalue weighted by atomic mass is 32.2. The van der Waals surface area contributed by atoms with Gasteiger partial charge in [-0.1, -0.05) is 13.0 Å². The first-order valence-corrected chi connectivity index (χ1v) is 7.72. The molecule has 2 N–H and O–H groups in total. The van der Waals surface area contributed by atoms with Crippen molar-refractivity contribution >= 4 is 17.5 Å². The molecular formula is C15H21NOS. The molecule has 1 heterocycles. The maximum atomic E-state index is 11.8. The molecule has 1 aromatic carbocycles. The van der Waals surface area contributed by atoms with Crippen LogP contribution in [0.4, 0.5) is 0 Å². The van der Waals surface area contributed by atoms with E-state index in [1.807, 2.05) is 24.8 Å². The molecule has 0 saturated carbocycles. The molecule has 0 spiro atoms. The summed E-state index contributed by atoms with van der Waals surface area (Å²) in [5, 5.41) is 0. The normalized spacial score (nSPS) is 19.1. The minimum atomic E-state index is 0.238. The van der Waals surface area contributed by atoms with Crippen LogP contribution in [0.5, 0.6) is 0 Å². The standard InChI is InChI=1S/C15H21NOS/c1-2-14(17)12-3-4-15-13(10-12)9-11(5-7-16)6-8-18-15/h3-4,10-11H,2,5-9,16H2,1H3. The van der Waals surface area contributed by atoms with Gasteiger partial charge in [-0.3, -0.25) is 4.79 Å². The van der Waals surface area contributed by atoms with Crippen LogP contribution in [0.2, 0.25) is 0 Å². The van der Waals surface area contributed by atoms with Crippen molar-refractivity contribution in [2.75, 3.05) is 12.3 Å². The number of fused-ring (bicyclic) bond motifs is 1. The molecule has 0 saturated heterocycles. The molecule has 1 atom stereocenters. The molecule has 0 radical (unpaired) electrons. The van der Waals surface area contributed by atoms with Crippen LogP contribution in [0.15, 0.2) is 23.1 Å². The Labute approximate surface area is 113 Å². The molecule has 0 aromatic heterocycles. The first-order valence-electron chi connectivity index (χ1n) is 6.73. The fourth-order valence-corrected chi connectivity index (χ4v) is 3.65. The number of hydrogen-bond acceptors (Lipinski definition) is 3. The second-order valence-electron chi connectivity index (χ2n) is 4.88. The van der Waals surface area contributed by atoms with Gasteiger partial charge in [0.25, 0.3) is 0 Å². The van der Waals surface area contributed by atoms with Gasteiger partial charge in [0.1, 0.15) is 0 Å². The van der Waals surface area contributed by atoms with E-state index in [1.54, 1.807) is 0 Å². The maximum Gasteiger partial charge on any atom is 0.162 e. The summed E-state index contributed by atoms with van der Waals surface area (Å²) in [6.45, 7) is 2.68. The van der Waals surface area contributed by atoms with E-state index in [0.717, 1.165) is 24.9 Å². The van der Waals surface area contributed by atoms with Gasteiger partial charge in [0.05, 0.1) is 0 Å². The molecular weight excluding hydrogens is 242 g/mol. The van der Waals surface area contributed by atoms with Crippen LogP contribution >= 0.6 is 11.8 Å². The highest BCUT2D eigenvalue weighted by Gasteiger charge is 2.17. The lowest BCUT2D eigenvalue weighted by molar-refractivity contribution is 0.0988. The van der Waals surface area contributed by atoms with Crippen LogP contribution in [0.25, 0.3) is 0 Å². The fraction of sp³-hybridized carbons (Fsp3) is 0.533. The van der Waals surface area contributed by atoms with Crippen molar-refractivity contribution in [3.05, 3.63) is 29.3 Å². The lowest BCUT2D eigenvalue weighted by Gasteiger charge is -2.13. The van der Waals surface area contributed by atoms with E-state index in [0.29, 0.717) is 12.3 Å². The smallest absolute Gasteiger partial charge is 0.162 e. The van der Waals surface area contributed by atoms with E-state index < -0.39 is 0 Å². The van der Waals surface area contributed by atoms with E-state index in [1.165, 1.54) is 22.6 Å². The van der Waals surface area contributed by atoms with Crippen molar-refractivity contribution in [2.24, 2.45) is 11.7 Å². The number of nitrogens with two attached hydrogens (primary N) is 1. The van der Waals surface area contributed by atoms with Crippen LogP contribution in [0, 0.1) is 5.92 Å². The minimum Gasteiger partial charge on any atom is -0.330 e. The van der Waals surface area contributed by atoms with Gasteiger partial charge in [-0.2, -0.15) is 0 Å². The second kappa shape index (κ2) is 6.39. The van der Waals surface area contributed by atoms with Gasteiger partial charge in [0.15, 0.2) is 5.78 Å². The lowest BCUT2D eigenvalue weighted by atomic mass is 9.92. The second-order valence-corrected chi connectivity index (χ2v) is 6.02. The first-order chi connectivity index (χ1) is 8.74. The molecule has 1 aliphatic heterocycles. The van der Waals surface area contributed by atoms with Gasteiger partial charge in [-0.15, -0.1) is 11.8 Å². The quantitative estimate of drug-likeness (QED) is 0.848. The van der Waals surface area contributed by atoms with Gasteiger partial charge in [0.2, 0.25) is 0 Å². The summed E-state index contributed by atoms with van der Waals surface area (Å²) >= 11 is 1.92. The molecule has 0 fully saturated rings. The predicted molar refractivity (Wildman–Crippen MR) is 77.3 cm³/mol. The zero-order valence-corrected chi connectivity index (χ0v) is 11.8. The summed E-state index contributed by atoms with van der Waals surface area (Å²) in [4.78, 5) is 13.1. The van der Waals surface area contributed by atoms with E-state index in [2.05, 4.69) is 12.1 Å². The number of benzene rings is 1. The van der Waals surface area contributed by atoms with Crippen molar-refractivity contribution < 1.29 is 4.79 Å². The van der Waals surface area contributed by atoms with E-state index in [-0.39, 0.29) is 5.78 Å². The highest BCUT2D eigenvalue weighted by molar-refractivity contribution is 7.99. The van der Waals surface area contributed by atoms with E-state index in [9.17, 15) is 4.79 Å². The maximum absolute atomic E-state index is 11.8. The number of ketones is 1. The van der Waals surface area contributed by atoms with Gasteiger partial charge in [-0.25, -0.2) is 0 Å². The Hall–Kier alpha value is -0.800. The molecule has 0 bridgehead atoms. The van der Waals surface area contributed by atoms with Gasteiger partial charge >= 0.3 is 0 Å². The zero-order valence-electron chi connectivity index (χ0n) is 10.9. The highest BCUT2D eigenvalue weighted by Crippen LogP contribution is 2.33. The van der Waals surface area contributed by atoms with Crippen molar-refractivity contribution in [3.8, 4) is 0 Å². The Kier molecular flexibility index (Phi) is 4.84. The summed E-state index contributed by atoms with van der Waals surface area (Å²) < 4.78 is 0. The summed E-state index contributed by atoms with van der Waals surface area (Å²) in [5.41, 5.74) is 7.88. The van der Waals surface area contributed by atoms with E-state index >= 15 is 0 Å². The molecule has 1 aliphatic rings. The summed E-state index contributed by atoms with van der Waals surface area (Å²) in [7, 11) is 0. The largest absolute Gasteiger partial charge is 0.330 e.